The molecule has 0 spiro atoms. The molecule has 3 aromatic rings. The molecule has 0 unspecified atom stereocenters. The standard InChI is InChI=1S/C20H22N2O/c1-2-5-19-14-17(7-8-18(19)4-1)15-21-9-11-22(12-10-21)16-20-6-3-13-23-20/h1-8,13-14H,9-12,15-16H2/p+2. The lowest BCUT2D eigenvalue weighted by molar-refractivity contribution is -1.02. The molecule has 2 heterocycles. The number of hydrogen-bond acceptors (Lipinski definition) is 1. The fourth-order valence-electron chi connectivity index (χ4n) is 3.61. The number of hydrogen-bond donors (Lipinski definition) is 2. The monoisotopic (exact) mass is 308 g/mol. The second kappa shape index (κ2) is 6.57. The molecule has 0 atom stereocenters. The van der Waals surface area contributed by atoms with Gasteiger partial charge in [-0.15, -0.1) is 0 Å². The summed E-state index contributed by atoms with van der Waals surface area (Å²) in [6.45, 7) is 7.09. The molecule has 0 amide bonds. The summed E-state index contributed by atoms with van der Waals surface area (Å²) in [4.78, 5) is 3.34. The number of rotatable bonds is 4. The molecule has 2 aromatic carbocycles. The maximum Gasteiger partial charge on any atom is 0.157 e. The average Bonchev–Trinajstić information content (AvgIpc) is 3.10. The fourth-order valence-corrected chi connectivity index (χ4v) is 3.61. The highest BCUT2D eigenvalue weighted by Crippen LogP contribution is 2.14. The van der Waals surface area contributed by atoms with Crippen molar-refractivity contribution in [1.82, 2.24) is 0 Å². The summed E-state index contributed by atoms with van der Waals surface area (Å²) in [5.74, 6) is 1.11. The highest BCUT2D eigenvalue weighted by atomic mass is 16.3. The van der Waals surface area contributed by atoms with Crippen molar-refractivity contribution >= 4 is 10.8 Å². The van der Waals surface area contributed by atoms with Crippen molar-refractivity contribution in [2.75, 3.05) is 26.2 Å². The van der Waals surface area contributed by atoms with Crippen LogP contribution in [-0.2, 0) is 13.1 Å². The normalized spacial score (nSPS) is 21.6. The van der Waals surface area contributed by atoms with Gasteiger partial charge in [0.25, 0.3) is 0 Å². The highest BCUT2D eigenvalue weighted by Gasteiger charge is 2.23. The number of quaternary nitrogens is 2. The van der Waals surface area contributed by atoms with Gasteiger partial charge in [-0.3, -0.25) is 0 Å². The van der Waals surface area contributed by atoms with E-state index in [9.17, 15) is 0 Å². The quantitative estimate of drug-likeness (QED) is 0.735. The van der Waals surface area contributed by atoms with Gasteiger partial charge < -0.3 is 14.2 Å². The lowest BCUT2D eigenvalue weighted by Crippen LogP contribution is -3.27. The molecular weight excluding hydrogens is 284 g/mol. The molecule has 4 rings (SSSR count). The molecule has 0 radical (unpaired) electrons. The Balaban J connectivity index is 1.35. The van der Waals surface area contributed by atoms with Crippen LogP contribution in [0, 0.1) is 0 Å². The lowest BCUT2D eigenvalue weighted by atomic mass is 10.1. The van der Waals surface area contributed by atoms with Crippen LogP contribution in [0.5, 0.6) is 0 Å². The Hall–Kier alpha value is -2.10. The molecule has 3 nitrogen and oxygen atoms in total. The number of piperazine rings is 1. The Morgan fingerprint density at radius 2 is 1.48 bits per heavy atom. The predicted molar refractivity (Wildman–Crippen MR) is 91.5 cm³/mol. The lowest BCUT2D eigenvalue weighted by Gasteiger charge is -2.29. The van der Waals surface area contributed by atoms with Gasteiger partial charge in [0.1, 0.15) is 39.3 Å². The summed E-state index contributed by atoms with van der Waals surface area (Å²) < 4.78 is 5.47. The Kier molecular flexibility index (Phi) is 4.14. The van der Waals surface area contributed by atoms with Crippen LogP contribution < -0.4 is 9.80 Å². The van der Waals surface area contributed by atoms with E-state index in [1.807, 2.05) is 6.07 Å². The van der Waals surface area contributed by atoms with Crippen molar-refractivity contribution in [3.8, 4) is 0 Å². The summed E-state index contributed by atoms with van der Waals surface area (Å²) in [5.41, 5.74) is 1.45. The third kappa shape index (κ3) is 3.46. The second-order valence-corrected chi connectivity index (χ2v) is 6.61. The van der Waals surface area contributed by atoms with Gasteiger partial charge in [0.2, 0.25) is 0 Å². The van der Waals surface area contributed by atoms with Crippen molar-refractivity contribution in [2.24, 2.45) is 0 Å². The van der Waals surface area contributed by atoms with E-state index < -0.39 is 0 Å². The van der Waals surface area contributed by atoms with Crippen molar-refractivity contribution in [2.45, 2.75) is 13.1 Å². The molecular formula is C20H24N2O+2. The Morgan fingerprint density at radius 1 is 0.739 bits per heavy atom. The molecule has 1 aliphatic heterocycles. The van der Waals surface area contributed by atoms with Crippen LogP contribution in [0.1, 0.15) is 11.3 Å². The molecule has 0 aliphatic carbocycles. The van der Waals surface area contributed by atoms with E-state index >= 15 is 0 Å². The van der Waals surface area contributed by atoms with Gasteiger partial charge in [0.15, 0.2) is 5.76 Å². The molecule has 1 aromatic heterocycles. The minimum atomic E-state index is 1.02. The molecule has 1 fully saturated rings. The summed E-state index contributed by atoms with van der Waals surface area (Å²) in [7, 11) is 0. The first-order valence-corrected chi connectivity index (χ1v) is 8.54. The van der Waals surface area contributed by atoms with Crippen LogP contribution in [0.25, 0.3) is 10.8 Å². The minimum Gasteiger partial charge on any atom is -0.463 e. The van der Waals surface area contributed by atoms with Crippen LogP contribution in [-0.4, -0.2) is 26.2 Å². The molecule has 2 N–H and O–H groups in total. The van der Waals surface area contributed by atoms with Crippen LogP contribution in [0.4, 0.5) is 0 Å². The topological polar surface area (TPSA) is 22.0 Å². The van der Waals surface area contributed by atoms with Crippen LogP contribution in [0.3, 0.4) is 0 Å². The van der Waals surface area contributed by atoms with E-state index in [2.05, 4.69) is 48.5 Å². The van der Waals surface area contributed by atoms with Gasteiger partial charge in [-0.1, -0.05) is 36.4 Å². The largest absolute Gasteiger partial charge is 0.463 e. The maximum absolute atomic E-state index is 5.47. The van der Waals surface area contributed by atoms with E-state index in [4.69, 9.17) is 4.42 Å². The third-order valence-electron chi connectivity index (χ3n) is 4.94. The fraction of sp³-hybridized carbons (Fsp3) is 0.300. The average molecular weight is 308 g/mol. The third-order valence-corrected chi connectivity index (χ3v) is 4.94. The summed E-state index contributed by atoms with van der Waals surface area (Å²) >= 11 is 0. The van der Waals surface area contributed by atoms with Crippen LogP contribution >= 0.6 is 0 Å². The van der Waals surface area contributed by atoms with E-state index in [1.54, 1.807) is 16.1 Å². The SMILES string of the molecule is c1coc(C[NH+]2CC[NH+](Cc3ccc4ccccc4c3)CC2)c1. The highest BCUT2D eigenvalue weighted by molar-refractivity contribution is 5.82. The van der Waals surface area contributed by atoms with Crippen LogP contribution in [0.15, 0.2) is 65.3 Å². The van der Waals surface area contributed by atoms with E-state index in [1.165, 1.54) is 42.5 Å². The zero-order valence-corrected chi connectivity index (χ0v) is 13.4. The van der Waals surface area contributed by atoms with E-state index in [0.29, 0.717) is 0 Å². The van der Waals surface area contributed by atoms with Crippen molar-refractivity contribution in [3.63, 3.8) is 0 Å². The van der Waals surface area contributed by atoms with Crippen LogP contribution in [0.2, 0.25) is 0 Å². The number of fused-ring (bicyclic) bond motifs is 1. The molecule has 23 heavy (non-hydrogen) atoms. The Labute approximate surface area is 137 Å². The van der Waals surface area contributed by atoms with Crippen molar-refractivity contribution in [3.05, 3.63) is 72.2 Å². The van der Waals surface area contributed by atoms with Gasteiger partial charge in [-0.25, -0.2) is 0 Å². The Bertz CT molecular complexity index is 758. The first-order chi connectivity index (χ1) is 11.4. The molecule has 118 valence electrons. The zero-order chi connectivity index (χ0) is 15.5. The maximum atomic E-state index is 5.47. The predicted octanol–water partition coefficient (Wildman–Crippen LogP) is 0.916. The van der Waals surface area contributed by atoms with E-state index in [-0.39, 0.29) is 0 Å². The van der Waals surface area contributed by atoms with Gasteiger partial charge in [0, 0.05) is 5.56 Å². The molecule has 1 aliphatic rings. The summed E-state index contributed by atoms with van der Waals surface area (Å²) in [5, 5.41) is 2.69. The van der Waals surface area contributed by atoms with Gasteiger partial charge >= 0.3 is 0 Å². The summed E-state index contributed by atoms with van der Waals surface area (Å²) in [6, 6.07) is 19.6. The first-order valence-electron chi connectivity index (χ1n) is 8.54. The zero-order valence-electron chi connectivity index (χ0n) is 13.4. The number of nitrogens with one attached hydrogen (secondary N) is 2. The molecule has 0 bridgehead atoms. The number of furan rings is 1. The van der Waals surface area contributed by atoms with Gasteiger partial charge in [0.05, 0.1) is 6.26 Å². The van der Waals surface area contributed by atoms with Gasteiger partial charge in [-0.2, -0.15) is 0 Å². The van der Waals surface area contributed by atoms with Crippen molar-refractivity contribution < 1.29 is 14.2 Å². The smallest absolute Gasteiger partial charge is 0.157 e. The molecule has 0 saturated carbocycles. The van der Waals surface area contributed by atoms with Gasteiger partial charge in [-0.05, 0) is 29.0 Å². The van der Waals surface area contributed by atoms with Crippen molar-refractivity contribution in [1.29, 1.82) is 0 Å². The summed E-state index contributed by atoms with van der Waals surface area (Å²) in [6.07, 6.45) is 1.77. The molecule has 1 saturated heterocycles. The first kappa shape index (κ1) is 14.5. The second-order valence-electron chi connectivity index (χ2n) is 6.61. The number of benzene rings is 2. The minimum absolute atomic E-state index is 1.02. The van der Waals surface area contributed by atoms with E-state index in [0.717, 1.165) is 18.8 Å². The Morgan fingerprint density at radius 3 is 2.22 bits per heavy atom. The molecule has 3 heteroatoms.